The second kappa shape index (κ2) is 15.8. The number of para-hydroxylation sites is 1. The molecule has 13 nitrogen and oxygen atoms in total. The fraction of sp³-hybridized carbons (Fsp3) is 0.278. The number of benzene rings is 3. The number of methoxy groups -OCH3 is 1. The maximum absolute atomic E-state index is 12.5. The molecule has 49 heavy (non-hydrogen) atoms. The minimum atomic E-state index is -1.16. The maximum atomic E-state index is 12.5. The van der Waals surface area contributed by atoms with Gasteiger partial charge in [0, 0.05) is 34.9 Å². The van der Waals surface area contributed by atoms with Gasteiger partial charge in [-0.25, -0.2) is 14.4 Å². The highest BCUT2D eigenvalue weighted by atomic mass is 16.5. The van der Waals surface area contributed by atoms with Crippen molar-refractivity contribution in [2.24, 2.45) is 5.10 Å². The van der Waals surface area contributed by atoms with Crippen LogP contribution >= 0.6 is 0 Å². The van der Waals surface area contributed by atoms with E-state index in [0.29, 0.717) is 48.1 Å². The normalized spacial score (nSPS) is 15.0. The van der Waals surface area contributed by atoms with Gasteiger partial charge in [-0.15, -0.1) is 0 Å². The summed E-state index contributed by atoms with van der Waals surface area (Å²) in [5.74, 6) is -0.198. The van der Waals surface area contributed by atoms with Gasteiger partial charge in [0.2, 0.25) is 0 Å². The molecule has 2 amide bonds. The summed E-state index contributed by atoms with van der Waals surface area (Å²) in [6.45, 7) is 6.29. The molecule has 0 fully saturated rings. The van der Waals surface area contributed by atoms with Crippen LogP contribution in [0.15, 0.2) is 89.3 Å². The Hall–Kier alpha value is -5.82. The van der Waals surface area contributed by atoms with E-state index >= 15 is 0 Å². The van der Waals surface area contributed by atoms with Crippen LogP contribution in [0.3, 0.4) is 0 Å². The molecule has 0 saturated heterocycles. The third kappa shape index (κ3) is 8.19. The Labute approximate surface area is 283 Å². The first-order chi connectivity index (χ1) is 23.7. The fourth-order valence-corrected chi connectivity index (χ4v) is 5.48. The van der Waals surface area contributed by atoms with Gasteiger partial charge in [0.1, 0.15) is 6.61 Å². The zero-order valence-electron chi connectivity index (χ0n) is 27.7. The monoisotopic (exact) mass is 669 g/mol. The molecular weight excluding hydrogens is 630 g/mol. The van der Waals surface area contributed by atoms with Crippen LogP contribution in [0, 0.1) is 0 Å². The molecule has 5 rings (SSSR count). The van der Waals surface area contributed by atoms with Gasteiger partial charge < -0.3 is 39.3 Å². The molecule has 3 aromatic carbocycles. The molecular formula is C36H39N5O8. The molecule has 4 aromatic rings. The first kappa shape index (κ1) is 34.5. The lowest BCUT2D eigenvalue weighted by Crippen LogP contribution is -2.45. The van der Waals surface area contributed by atoms with Crippen LogP contribution in [0.1, 0.15) is 53.9 Å². The number of esters is 2. The van der Waals surface area contributed by atoms with E-state index in [-0.39, 0.29) is 18.1 Å². The van der Waals surface area contributed by atoms with Crippen LogP contribution < -0.4 is 25.5 Å². The highest BCUT2D eigenvalue weighted by Crippen LogP contribution is 2.35. The lowest BCUT2D eigenvalue weighted by Gasteiger charge is -2.28. The lowest BCUT2D eigenvalue weighted by molar-refractivity contribution is -0.136. The van der Waals surface area contributed by atoms with Gasteiger partial charge in [-0.3, -0.25) is 5.43 Å². The maximum Gasteiger partial charge on any atom is 0.338 e. The Balaban J connectivity index is 1.24. The Bertz CT molecular complexity index is 1880. The number of aliphatic hydroxyl groups excluding tert-OH is 1. The van der Waals surface area contributed by atoms with Crippen molar-refractivity contribution in [3.8, 4) is 11.5 Å². The first-order valence-corrected chi connectivity index (χ1v) is 15.8. The summed E-state index contributed by atoms with van der Waals surface area (Å²) in [7, 11) is 1.28. The molecule has 2 atom stereocenters. The largest absolute Gasteiger partial charge is 0.490 e. The van der Waals surface area contributed by atoms with Gasteiger partial charge in [-0.05, 0) is 62.2 Å². The number of fused-ring (bicyclic) bond motifs is 1. The summed E-state index contributed by atoms with van der Waals surface area (Å²) in [6.07, 6.45) is 2.45. The topological polar surface area (TPSA) is 162 Å². The molecule has 4 N–H and O–H groups in total. The van der Waals surface area contributed by atoms with Gasteiger partial charge in [0.05, 0.1) is 43.7 Å². The second-order valence-corrected chi connectivity index (χ2v) is 11.1. The Morgan fingerprint density at radius 3 is 2.53 bits per heavy atom. The first-order valence-electron chi connectivity index (χ1n) is 15.8. The number of ether oxygens (including phenoxy) is 4. The van der Waals surface area contributed by atoms with Crippen LogP contribution in [0.4, 0.5) is 4.79 Å². The van der Waals surface area contributed by atoms with Crippen molar-refractivity contribution in [1.29, 1.82) is 0 Å². The molecule has 0 unspecified atom stereocenters. The number of hydrogen-bond acceptors (Lipinski definition) is 10. The number of nitrogens with zero attached hydrogens (tertiary/aromatic N) is 2. The zero-order valence-corrected chi connectivity index (χ0v) is 27.7. The third-order valence-corrected chi connectivity index (χ3v) is 7.74. The van der Waals surface area contributed by atoms with Crippen molar-refractivity contribution in [3.63, 3.8) is 0 Å². The number of carbonyl (C=O) groups excluding carboxylic acids is 3. The predicted molar refractivity (Wildman–Crippen MR) is 182 cm³/mol. The highest BCUT2D eigenvalue weighted by Gasteiger charge is 2.32. The number of aromatic nitrogens is 1. The van der Waals surface area contributed by atoms with Crippen LogP contribution in [-0.4, -0.2) is 67.0 Å². The molecule has 256 valence electrons. The molecule has 0 radical (unpaired) electrons. The molecule has 13 heteroatoms. The number of allylic oxidation sites excluding steroid dienone is 1. The Morgan fingerprint density at radius 1 is 1.02 bits per heavy atom. The predicted octanol–water partition coefficient (Wildman–Crippen LogP) is 4.39. The summed E-state index contributed by atoms with van der Waals surface area (Å²) in [5, 5.41) is 21.2. The summed E-state index contributed by atoms with van der Waals surface area (Å²) in [4.78, 5) is 36.7. The smallest absolute Gasteiger partial charge is 0.338 e. The van der Waals surface area contributed by atoms with Crippen molar-refractivity contribution in [2.45, 2.75) is 39.6 Å². The number of carbonyl (C=O) groups is 3. The molecule has 0 aliphatic carbocycles. The summed E-state index contributed by atoms with van der Waals surface area (Å²) < 4.78 is 23.8. The highest BCUT2D eigenvalue weighted by molar-refractivity contribution is 5.99. The van der Waals surface area contributed by atoms with Crippen molar-refractivity contribution in [3.05, 3.63) is 106 Å². The third-order valence-electron chi connectivity index (χ3n) is 7.74. The number of rotatable bonds is 14. The van der Waals surface area contributed by atoms with Crippen molar-refractivity contribution in [1.82, 2.24) is 20.6 Å². The minimum Gasteiger partial charge on any atom is -0.490 e. The van der Waals surface area contributed by atoms with E-state index in [2.05, 4.69) is 25.7 Å². The Morgan fingerprint density at radius 2 is 1.80 bits per heavy atom. The SMILES string of the molecule is CCOC(=O)c1ccc(Cn2cc(/C=N/N[C@@H](O)COc3ccc([C@H]4NC(=O)NC(C)=C4C(=O)OC)cc3OCC)c3ccccc32)cc1. The number of nitrogens with one attached hydrogen (secondary N) is 3. The van der Waals surface area contributed by atoms with Gasteiger partial charge in [-0.2, -0.15) is 5.10 Å². The molecule has 2 heterocycles. The summed E-state index contributed by atoms with van der Waals surface area (Å²) >= 11 is 0. The quantitative estimate of drug-likeness (QED) is 0.0661. The molecule has 0 spiro atoms. The lowest BCUT2D eigenvalue weighted by atomic mass is 9.95. The number of hydrazone groups is 1. The van der Waals surface area contributed by atoms with Crippen LogP contribution in [0.25, 0.3) is 10.9 Å². The van der Waals surface area contributed by atoms with Crippen LogP contribution in [-0.2, 0) is 20.8 Å². The van der Waals surface area contributed by atoms with E-state index in [1.54, 1.807) is 50.4 Å². The van der Waals surface area contributed by atoms with E-state index in [1.807, 2.05) is 49.5 Å². The molecule has 0 saturated carbocycles. The zero-order chi connectivity index (χ0) is 34.9. The average Bonchev–Trinajstić information content (AvgIpc) is 3.44. The summed E-state index contributed by atoms with van der Waals surface area (Å²) in [5.41, 5.74) is 7.30. The van der Waals surface area contributed by atoms with E-state index < -0.39 is 24.3 Å². The van der Waals surface area contributed by atoms with Crippen LogP contribution in [0.5, 0.6) is 11.5 Å². The van der Waals surface area contributed by atoms with Crippen molar-refractivity contribution in [2.75, 3.05) is 26.9 Å². The van der Waals surface area contributed by atoms with E-state index in [4.69, 9.17) is 18.9 Å². The minimum absolute atomic E-state index is 0.156. The van der Waals surface area contributed by atoms with E-state index in [1.165, 1.54) is 7.11 Å². The number of hydrogen-bond donors (Lipinski definition) is 4. The molecule has 0 bridgehead atoms. The number of urea groups is 1. The van der Waals surface area contributed by atoms with Crippen molar-refractivity contribution >= 4 is 35.1 Å². The standard InChI is InChI=1S/C36H39N5O8/c1-5-47-30-17-25(33-32(35(44)46-4)22(3)38-36(45)39-33)15-16-29(30)49-21-31(42)40-37-18-26-20-41(28-10-8-7-9-27(26)28)19-23-11-13-24(14-12-23)34(43)48-6-2/h7-18,20,31,33,40,42H,5-6,19,21H2,1-4H3,(H2,38,39,45)/b37-18+/t31-,33+/m0/s1. The molecule has 1 aliphatic rings. The fourth-order valence-electron chi connectivity index (χ4n) is 5.48. The Kier molecular flexibility index (Phi) is 11.2. The van der Waals surface area contributed by atoms with E-state index in [0.717, 1.165) is 22.0 Å². The molecule has 1 aromatic heterocycles. The van der Waals surface area contributed by atoms with Gasteiger partial charge in [0.25, 0.3) is 0 Å². The second-order valence-electron chi connectivity index (χ2n) is 11.1. The van der Waals surface area contributed by atoms with Gasteiger partial charge in [0.15, 0.2) is 17.7 Å². The number of aliphatic hydroxyl groups is 1. The van der Waals surface area contributed by atoms with E-state index in [9.17, 15) is 19.5 Å². The molecule has 1 aliphatic heterocycles. The van der Waals surface area contributed by atoms with Crippen molar-refractivity contribution < 1.29 is 38.4 Å². The van der Waals surface area contributed by atoms with Gasteiger partial charge in [-0.1, -0.05) is 36.4 Å². The average molecular weight is 670 g/mol. The summed E-state index contributed by atoms with van der Waals surface area (Å²) in [6, 6.07) is 19.1. The van der Waals surface area contributed by atoms with Crippen LogP contribution in [0.2, 0.25) is 0 Å². The number of amides is 2. The van der Waals surface area contributed by atoms with Gasteiger partial charge >= 0.3 is 18.0 Å².